The average molecular weight is 597 g/mol. The summed E-state index contributed by atoms with van der Waals surface area (Å²) >= 11 is 0. The van der Waals surface area contributed by atoms with E-state index in [1.807, 2.05) is 43.6 Å². The van der Waals surface area contributed by atoms with Crippen LogP contribution in [0.5, 0.6) is 5.75 Å². The van der Waals surface area contributed by atoms with Crippen molar-refractivity contribution in [3.8, 4) is 28.5 Å². The van der Waals surface area contributed by atoms with E-state index in [2.05, 4.69) is 49.3 Å². The fraction of sp³-hybridized carbons (Fsp3) is 0.351. The Morgan fingerprint density at radius 2 is 1.78 bits per heavy atom. The molecule has 45 heavy (non-hydrogen) atoms. The maximum atomic E-state index is 13.7. The van der Waals surface area contributed by atoms with Crippen molar-refractivity contribution in [2.45, 2.75) is 38.6 Å². The molecule has 2 aliphatic carbocycles. The van der Waals surface area contributed by atoms with E-state index in [-0.39, 0.29) is 5.91 Å². The van der Waals surface area contributed by atoms with Gasteiger partial charge in [-0.2, -0.15) is 0 Å². The lowest BCUT2D eigenvalue weighted by atomic mass is 9.98. The highest BCUT2D eigenvalue weighted by Gasteiger charge is 2.35. The third kappa shape index (κ3) is 4.41. The molecule has 0 spiro atoms. The summed E-state index contributed by atoms with van der Waals surface area (Å²) < 4.78 is 10.4. The molecule has 9 rings (SSSR count). The van der Waals surface area contributed by atoms with E-state index in [4.69, 9.17) is 14.7 Å². The minimum atomic E-state index is 0.0854. The number of imidazole rings is 1. The number of pyridine rings is 2. The molecular formula is C37H36N6O2. The minimum Gasteiger partial charge on any atom is -0.494 e. The Hall–Kier alpha value is -4.72. The van der Waals surface area contributed by atoms with Crippen molar-refractivity contribution < 1.29 is 9.53 Å². The maximum Gasteiger partial charge on any atom is 0.254 e. The second-order valence-electron chi connectivity index (χ2n) is 13.4. The molecular weight excluding hydrogens is 560 g/mol. The van der Waals surface area contributed by atoms with Gasteiger partial charge >= 0.3 is 0 Å². The third-order valence-electron chi connectivity index (χ3n) is 10.3. The van der Waals surface area contributed by atoms with Crippen LogP contribution in [0.3, 0.4) is 0 Å². The standard InChI is InChI=1S/C37H36N6O2/c1-41-34-31(16-26(18-33(34)45-2)37(44)42-19-23-10-11-24(15-23)20-42)40-36(41)32-17-25-12-13-30(39-35(25)43(32)21-22-8-9-22)28-5-3-7-29-27(28)6-4-14-38-29/h3-7,12-14,16-18,22-24H,8-11,15,19-21H2,1-2H3. The van der Waals surface area contributed by atoms with Gasteiger partial charge in [-0.3, -0.25) is 9.78 Å². The Kier molecular flexibility index (Phi) is 6.02. The molecule has 3 aliphatic rings. The first-order chi connectivity index (χ1) is 22.0. The summed E-state index contributed by atoms with van der Waals surface area (Å²) in [5.74, 6) is 3.52. The first kappa shape index (κ1) is 26.7. The molecule has 8 heteroatoms. The van der Waals surface area contributed by atoms with Crippen LogP contribution in [-0.2, 0) is 13.6 Å². The van der Waals surface area contributed by atoms with Gasteiger partial charge in [0.05, 0.1) is 29.5 Å². The molecule has 1 amide bonds. The summed E-state index contributed by atoms with van der Waals surface area (Å²) in [6.07, 6.45) is 8.04. The molecule has 0 N–H and O–H groups in total. The summed E-state index contributed by atoms with van der Waals surface area (Å²) in [6, 6.07) is 20.7. The molecule has 8 nitrogen and oxygen atoms in total. The van der Waals surface area contributed by atoms with Crippen molar-refractivity contribution in [3.63, 3.8) is 0 Å². The van der Waals surface area contributed by atoms with Crippen molar-refractivity contribution in [2.24, 2.45) is 24.8 Å². The van der Waals surface area contributed by atoms with Crippen LogP contribution in [0.1, 0.15) is 42.5 Å². The second kappa shape index (κ2) is 10.2. The number of rotatable bonds is 6. The lowest BCUT2D eigenvalue weighted by Crippen LogP contribution is -2.40. The number of ether oxygens (including phenoxy) is 1. The quantitative estimate of drug-likeness (QED) is 0.205. The lowest BCUT2D eigenvalue weighted by Gasteiger charge is -2.32. The van der Waals surface area contributed by atoms with Gasteiger partial charge in [0.25, 0.3) is 5.91 Å². The van der Waals surface area contributed by atoms with Gasteiger partial charge in [-0.1, -0.05) is 18.2 Å². The molecule has 0 radical (unpaired) electrons. The number of carbonyl (C=O) groups excluding carboxylic acids is 1. The Morgan fingerprint density at radius 3 is 2.58 bits per heavy atom. The number of aromatic nitrogens is 5. The van der Waals surface area contributed by atoms with Crippen LogP contribution in [0, 0.1) is 17.8 Å². The van der Waals surface area contributed by atoms with Gasteiger partial charge < -0.3 is 18.8 Å². The van der Waals surface area contributed by atoms with Gasteiger partial charge in [-0.15, -0.1) is 0 Å². The van der Waals surface area contributed by atoms with Crippen LogP contribution in [0.15, 0.2) is 66.9 Å². The van der Waals surface area contributed by atoms with E-state index in [9.17, 15) is 4.79 Å². The Bertz CT molecular complexity index is 2120. The van der Waals surface area contributed by atoms with Crippen LogP contribution in [-0.4, -0.2) is 55.1 Å². The van der Waals surface area contributed by atoms with Crippen LogP contribution < -0.4 is 4.74 Å². The molecule has 2 bridgehead atoms. The fourth-order valence-corrected chi connectivity index (χ4v) is 7.91. The van der Waals surface area contributed by atoms with E-state index in [0.29, 0.717) is 29.1 Å². The molecule has 6 aromatic rings. The van der Waals surface area contributed by atoms with Crippen LogP contribution in [0.25, 0.3) is 55.7 Å². The van der Waals surface area contributed by atoms with Gasteiger partial charge in [-0.25, -0.2) is 9.97 Å². The van der Waals surface area contributed by atoms with E-state index in [0.717, 1.165) is 75.4 Å². The number of nitrogens with zero attached hydrogens (tertiary/aromatic N) is 6. The highest BCUT2D eigenvalue weighted by Crippen LogP contribution is 2.40. The van der Waals surface area contributed by atoms with Crippen molar-refractivity contribution in [1.82, 2.24) is 29.0 Å². The zero-order valence-electron chi connectivity index (χ0n) is 25.7. The number of methoxy groups -OCH3 is 1. The number of amides is 1. The molecule has 2 atom stereocenters. The van der Waals surface area contributed by atoms with Gasteiger partial charge in [0.1, 0.15) is 16.9 Å². The summed E-state index contributed by atoms with van der Waals surface area (Å²) in [6.45, 7) is 2.61. The SMILES string of the molecule is COc1cc(C(=O)N2CC3CCC(C3)C2)cc2nc(-c3cc4ccc(-c5cccc6ncccc56)nc4n3CC3CC3)n(C)c12. The molecule has 2 aromatic carbocycles. The zero-order valence-corrected chi connectivity index (χ0v) is 25.7. The number of aryl methyl sites for hydroxylation is 1. The molecule has 1 saturated heterocycles. The summed E-state index contributed by atoms with van der Waals surface area (Å²) in [7, 11) is 3.72. The number of hydrogen-bond donors (Lipinski definition) is 0. The number of piperidine rings is 1. The number of carbonyl (C=O) groups is 1. The number of likely N-dealkylation sites (tertiary alicyclic amines) is 1. The first-order valence-electron chi connectivity index (χ1n) is 16.2. The lowest BCUT2D eigenvalue weighted by molar-refractivity contribution is 0.0662. The summed E-state index contributed by atoms with van der Waals surface area (Å²) in [5, 5.41) is 2.18. The molecule has 3 fully saturated rings. The molecule has 1 aliphatic heterocycles. The topological polar surface area (TPSA) is 78.1 Å². The zero-order chi connectivity index (χ0) is 30.2. The monoisotopic (exact) mass is 596 g/mol. The summed E-state index contributed by atoms with van der Waals surface area (Å²) in [4.78, 5) is 30.8. The smallest absolute Gasteiger partial charge is 0.254 e. The van der Waals surface area contributed by atoms with E-state index in [1.165, 1.54) is 32.1 Å². The average Bonchev–Trinajstić information content (AvgIpc) is 3.62. The van der Waals surface area contributed by atoms with Crippen LogP contribution >= 0.6 is 0 Å². The number of fused-ring (bicyclic) bond motifs is 5. The maximum absolute atomic E-state index is 13.7. The Balaban J connectivity index is 1.16. The highest BCUT2D eigenvalue weighted by molar-refractivity contribution is 6.00. The van der Waals surface area contributed by atoms with Crippen molar-refractivity contribution in [3.05, 3.63) is 72.4 Å². The van der Waals surface area contributed by atoms with Crippen LogP contribution in [0.4, 0.5) is 0 Å². The predicted octanol–water partition coefficient (Wildman–Crippen LogP) is 7.10. The fourth-order valence-electron chi connectivity index (χ4n) is 7.91. The Labute approximate surface area is 261 Å². The van der Waals surface area contributed by atoms with Crippen molar-refractivity contribution in [2.75, 3.05) is 20.2 Å². The number of hydrogen-bond acceptors (Lipinski definition) is 5. The highest BCUT2D eigenvalue weighted by atomic mass is 16.5. The normalized spacial score (nSPS) is 19.6. The predicted molar refractivity (Wildman–Crippen MR) is 176 cm³/mol. The largest absolute Gasteiger partial charge is 0.494 e. The van der Waals surface area contributed by atoms with Gasteiger partial charge in [0.2, 0.25) is 0 Å². The van der Waals surface area contributed by atoms with Gasteiger partial charge in [0, 0.05) is 54.8 Å². The molecule has 2 saturated carbocycles. The Morgan fingerprint density at radius 1 is 0.933 bits per heavy atom. The number of benzene rings is 2. The van der Waals surface area contributed by atoms with E-state index in [1.54, 1.807) is 7.11 Å². The van der Waals surface area contributed by atoms with E-state index < -0.39 is 0 Å². The van der Waals surface area contributed by atoms with Crippen LogP contribution in [0.2, 0.25) is 0 Å². The van der Waals surface area contributed by atoms with Gasteiger partial charge in [0.15, 0.2) is 5.82 Å². The van der Waals surface area contributed by atoms with E-state index >= 15 is 0 Å². The van der Waals surface area contributed by atoms with Crippen molar-refractivity contribution >= 4 is 38.9 Å². The molecule has 5 heterocycles. The second-order valence-corrected chi connectivity index (χ2v) is 13.4. The molecule has 226 valence electrons. The minimum absolute atomic E-state index is 0.0854. The van der Waals surface area contributed by atoms with Crippen molar-refractivity contribution in [1.29, 1.82) is 0 Å². The molecule has 2 unspecified atom stereocenters. The first-order valence-corrected chi connectivity index (χ1v) is 16.2. The summed E-state index contributed by atoms with van der Waals surface area (Å²) in [5.41, 5.74) is 7.29. The third-order valence-corrected chi connectivity index (χ3v) is 10.3. The van der Waals surface area contributed by atoms with Gasteiger partial charge in [-0.05, 0) is 92.3 Å². The molecule has 4 aromatic heterocycles.